The predicted molar refractivity (Wildman–Crippen MR) is 244 cm³/mol. The smallest absolute Gasteiger partial charge is 0.410 e. The van der Waals surface area contributed by atoms with Crippen LogP contribution in [0.3, 0.4) is 0 Å². The van der Waals surface area contributed by atoms with Gasteiger partial charge in [0.15, 0.2) is 16.9 Å². The molecule has 0 unspecified atom stereocenters. The number of thioether (sulfide) groups is 1. The summed E-state index contributed by atoms with van der Waals surface area (Å²) >= 11 is 2.53. The van der Waals surface area contributed by atoms with Crippen molar-refractivity contribution < 1.29 is 33.9 Å². The molecule has 0 saturated carbocycles. The lowest BCUT2D eigenvalue weighted by Gasteiger charge is -2.49. The first-order valence-electron chi connectivity index (χ1n) is 20.7. The van der Waals surface area contributed by atoms with Crippen LogP contribution in [-0.2, 0) is 29.4 Å². The first kappa shape index (κ1) is 42.1. The molecule has 0 bridgehead atoms. The van der Waals surface area contributed by atoms with Gasteiger partial charge in [0.25, 0.3) is 11.8 Å². The summed E-state index contributed by atoms with van der Waals surface area (Å²) in [7, 11) is 0. The Morgan fingerprint density at radius 1 is 0.797 bits per heavy atom. The summed E-state index contributed by atoms with van der Waals surface area (Å²) in [6.07, 6.45) is -0.443. The predicted octanol–water partition coefficient (Wildman–Crippen LogP) is 7.55. The maximum absolute atomic E-state index is 14.4. The van der Waals surface area contributed by atoms with Gasteiger partial charge in [0, 0.05) is 29.8 Å². The Morgan fingerprint density at radius 3 is 1.83 bits per heavy atom. The van der Waals surface area contributed by atoms with Crippen LogP contribution in [0.5, 0.6) is 0 Å². The van der Waals surface area contributed by atoms with Gasteiger partial charge in [0.2, 0.25) is 0 Å². The number of nitrogens with zero attached hydrogens (tertiary/aromatic N) is 4. The zero-order chi connectivity index (χ0) is 44.0. The molecule has 64 heavy (non-hydrogen) atoms. The fourth-order valence-corrected chi connectivity index (χ4v) is 10.2. The van der Waals surface area contributed by atoms with Gasteiger partial charge in [-0.25, -0.2) is 14.6 Å². The summed E-state index contributed by atoms with van der Waals surface area (Å²) in [4.78, 5) is 62.9. The van der Waals surface area contributed by atoms with Gasteiger partial charge >= 0.3 is 12.1 Å². The number of amides is 3. The second kappa shape index (κ2) is 18.6. The van der Waals surface area contributed by atoms with Crippen molar-refractivity contribution in [2.75, 3.05) is 30.8 Å². The number of esters is 1. The number of oxime groups is 1. The molecule has 5 aromatic carbocycles. The molecule has 3 aliphatic rings. The van der Waals surface area contributed by atoms with E-state index in [1.54, 1.807) is 10.3 Å². The number of β-lactam (4-membered cyclic amide) rings is 1. The molecule has 4 heterocycles. The molecule has 1 aromatic heterocycles. The summed E-state index contributed by atoms with van der Waals surface area (Å²) in [5.74, 6) is -2.01. The minimum absolute atomic E-state index is 0.0440. The lowest BCUT2D eigenvalue weighted by Crippen LogP contribution is -2.71. The third-order valence-electron chi connectivity index (χ3n) is 11.4. The highest BCUT2D eigenvalue weighted by Crippen LogP contribution is 2.43. The number of ether oxygens (including phenoxy) is 2. The Kier molecular flexibility index (Phi) is 12.3. The molecule has 0 radical (unpaired) electrons. The first-order valence-corrected chi connectivity index (χ1v) is 22.6. The largest absolute Gasteiger partial charge is 0.448 e. The number of nitrogens with one attached hydrogen (secondary N) is 2. The van der Waals surface area contributed by atoms with Crippen LogP contribution < -0.4 is 10.6 Å². The monoisotopic (exact) mass is 890 g/mol. The average Bonchev–Trinajstić information content (AvgIpc) is 3.79. The molecule has 3 N–H and O–H groups in total. The molecule has 3 aliphatic heterocycles. The van der Waals surface area contributed by atoms with Crippen molar-refractivity contribution in [2.24, 2.45) is 5.16 Å². The number of benzene rings is 5. The van der Waals surface area contributed by atoms with Crippen LogP contribution >= 0.6 is 23.1 Å². The number of aromatic nitrogens is 1. The number of hydrogen-bond acceptors (Lipinski definition) is 12. The molecule has 15 heteroatoms. The Hall–Kier alpha value is -7.23. The van der Waals surface area contributed by atoms with Crippen molar-refractivity contribution in [3.05, 3.63) is 202 Å². The van der Waals surface area contributed by atoms with E-state index in [2.05, 4.69) is 15.8 Å². The standard InChI is InChI=1S/C49H42N6O7S2/c56-43(39(53-60)38-31-64-47(50-38)52-49(35-21-10-3-11-22-35,36-23-12-4-13-24-36)37-25-14-5-15-26-37)51-40-44(57)55-41(34(30-63-45(40)55)29-61-48(59)54-27-16-28-54)46(58)62-42(32-17-6-1-7-18-32)33-19-8-2-9-20-33/h1-15,17-26,31,40,42,45,60H,16,27-30H2,(H,50,52)(H,51,56)/b53-39-/t40-,45-/m1/s1. The zero-order valence-electron chi connectivity index (χ0n) is 34.3. The van der Waals surface area contributed by atoms with E-state index in [1.807, 2.05) is 152 Å². The Labute approximate surface area is 377 Å². The quantitative estimate of drug-likeness (QED) is 0.0249. The van der Waals surface area contributed by atoms with Crippen LogP contribution in [0.15, 0.2) is 173 Å². The summed E-state index contributed by atoms with van der Waals surface area (Å²) in [5.41, 5.74) is 3.41. The Balaban J connectivity index is 0.963. The number of fused-ring (bicyclic) bond motifs is 1. The number of anilines is 1. The molecule has 2 saturated heterocycles. The van der Waals surface area contributed by atoms with Crippen molar-refractivity contribution in [3.8, 4) is 0 Å². The van der Waals surface area contributed by atoms with Crippen LogP contribution in [0.25, 0.3) is 0 Å². The maximum Gasteiger partial charge on any atom is 0.410 e. The highest BCUT2D eigenvalue weighted by atomic mass is 32.2. The van der Waals surface area contributed by atoms with Crippen molar-refractivity contribution in [3.63, 3.8) is 0 Å². The number of thiazole rings is 1. The molecule has 3 amide bonds. The summed E-state index contributed by atoms with van der Waals surface area (Å²) < 4.78 is 11.9. The van der Waals surface area contributed by atoms with E-state index in [-0.39, 0.29) is 23.8 Å². The lowest BCUT2D eigenvalue weighted by molar-refractivity contribution is -0.154. The minimum atomic E-state index is -1.10. The third-order valence-corrected chi connectivity index (χ3v) is 13.5. The van der Waals surface area contributed by atoms with E-state index in [1.165, 1.54) is 28.0 Å². The van der Waals surface area contributed by atoms with Crippen LogP contribution in [0.1, 0.15) is 46.0 Å². The van der Waals surface area contributed by atoms with Crippen molar-refractivity contribution in [1.29, 1.82) is 0 Å². The Morgan fingerprint density at radius 2 is 1.33 bits per heavy atom. The minimum Gasteiger partial charge on any atom is -0.448 e. The fraction of sp³-hybridized carbons (Fsp3) is 0.184. The van der Waals surface area contributed by atoms with E-state index < -0.39 is 52.6 Å². The third kappa shape index (κ3) is 8.22. The molecule has 2 fully saturated rings. The van der Waals surface area contributed by atoms with Gasteiger partial charge in [-0.15, -0.1) is 23.1 Å². The normalized spacial score (nSPS) is 17.2. The van der Waals surface area contributed by atoms with Gasteiger partial charge in [-0.2, -0.15) is 0 Å². The highest BCUT2D eigenvalue weighted by Gasteiger charge is 2.55. The van der Waals surface area contributed by atoms with E-state index in [0.29, 0.717) is 23.8 Å². The highest BCUT2D eigenvalue weighted by molar-refractivity contribution is 8.00. The van der Waals surface area contributed by atoms with Gasteiger partial charge in [-0.05, 0) is 34.2 Å². The van der Waals surface area contributed by atoms with E-state index >= 15 is 0 Å². The topological polar surface area (TPSA) is 163 Å². The van der Waals surface area contributed by atoms with E-state index in [9.17, 15) is 24.4 Å². The Bertz CT molecular complexity index is 2560. The second-order valence-electron chi connectivity index (χ2n) is 15.3. The van der Waals surface area contributed by atoms with Gasteiger partial charge in [0.05, 0.1) is 0 Å². The molecule has 0 aliphatic carbocycles. The summed E-state index contributed by atoms with van der Waals surface area (Å²) in [5, 5.41) is 21.3. The van der Waals surface area contributed by atoms with Gasteiger partial charge < -0.3 is 30.2 Å². The molecule has 13 nitrogen and oxygen atoms in total. The average molecular weight is 891 g/mol. The molecular weight excluding hydrogens is 849 g/mol. The lowest BCUT2D eigenvalue weighted by atomic mass is 9.77. The number of likely N-dealkylation sites (tertiary alicyclic amines) is 1. The van der Waals surface area contributed by atoms with Crippen molar-refractivity contribution in [1.82, 2.24) is 20.1 Å². The molecular formula is C49H42N6O7S2. The molecule has 9 rings (SSSR count). The first-order chi connectivity index (χ1) is 31.4. The van der Waals surface area contributed by atoms with Crippen LogP contribution in [0, 0.1) is 0 Å². The molecule has 322 valence electrons. The molecule has 6 aromatic rings. The van der Waals surface area contributed by atoms with Gasteiger partial charge in [-0.1, -0.05) is 157 Å². The van der Waals surface area contributed by atoms with Crippen LogP contribution in [0.4, 0.5) is 9.93 Å². The fourth-order valence-electron chi connectivity index (χ4n) is 8.07. The van der Waals surface area contributed by atoms with Crippen LogP contribution in [-0.4, -0.2) is 86.4 Å². The van der Waals surface area contributed by atoms with Crippen molar-refractivity contribution >= 4 is 57.8 Å². The number of carbonyl (C=O) groups is 4. The zero-order valence-corrected chi connectivity index (χ0v) is 35.9. The van der Waals surface area contributed by atoms with E-state index in [4.69, 9.17) is 14.5 Å². The number of rotatable bonds is 14. The number of carbonyl (C=O) groups excluding carboxylic acids is 4. The molecule has 2 atom stereocenters. The van der Waals surface area contributed by atoms with Crippen LogP contribution in [0.2, 0.25) is 0 Å². The van der Waals surface area contributed by atoms with Gasteiger partial charge in [-0.3, -0.25) is 14.5 Å². The molecule has 0 spiro atoms. The summed E-state index contributed by atoms with van der Waals surface area (Å²) in [6.45, 7) is 0.932. The van der Waals surface area contributed by atoms with Gasteiger partial charge in [0.1, 0.15) is 35.0 Å². The summed E-state index contributed by atoms with van der Waals surface area (Å²) in [6, 6.07) is 47.3. The number of hydrogen-bond donors (Lipinski definition) is 3. The van der Waals surface area contributed by atoms with Crippen molar-refractivity contribution in [2.45, 2.75) is 29.5 Å². The second-order valence-corrected chi connectivity index (χ2v) is 17.2. The van der Waals surface area contributed by atoms with E-state index in [0.717, 1.165) is 34.2 Å². The SMILES string of the molecule is O=C(OC(c1ccccc1)c1ccccc1)C1=C(COC(=O)N2CCC2)CS[C@@H]2[C@H](NC(=O)/C(=N\O)c3csc(NC(c4ccccc4)(c4ccccc4)c4ccccc4)n3)C(=O)N12. The maximum atomic E-state index is 14.4.